The molecule has 2 fully saturated rings. The van der Waals surface area contributed by atoms with E-state index >= 15 is 0 Å². The standard InChI is InChI=1S/C28H37F3N2O3/c1-28(2,31)18-32-12-9-19(10-13-32)17-36-22-6-8-24(26(30)15-22)23-7-5-20(14-25(23)29)27(35)33-11-3-4-21(33)16-34/h6,8,14-15,19,21,34H,3-5,7,9-13,16-18H2,1-2H3. The first-order chi connectivity index (χ1) is 17.1. The van der Waals surface area contributed by atoms with E-state index in [-0.39, 0.29) is 36.1 Å². The fraction of sp³-hybridized carbons (Fsp3) is 0.607. The van der Waals surface area contributed by atoms with Gasteiger partial charge in [-0.1, -0.05) is 0 Å². The fourth-order valence-electron chi connectivity index (χ4n) is 5.49. The van der Waals surface area contributed by atoms with Crippen LogP contribution in [-0.4, -0.2) is 71.9 Å². The third-order valence-electron chi connectivity index (χ3n) is 7.42. The highest BCUT2D eigenvalue weighted by atomic mass is 19.1. The van der Waals surface area contributed by atoms with Crippen molar-refractivity contribution in [2.45, 2.75) is 64.1 Å². The van der Waals surface area contributed by atoms with Gasteiger partial charge in [-0.25, -0.2) is 13.2 Å². The minimum atomic E-state index is -1.21. The number of allylic oxidation sites excluding steroid dienone is 3. The topological polar surface area (TPSA) is 53.0 Å². The first-order valence-electron chi connectivity index (χ1n) is 13.0. The Morgan fingerprint density at radius 2 is 1.89 bits per heavy atom. The molecular weight excluding hydrogens is 469 g/mol. The summed E-state index contributed by atoms with van der Waals surface area (Å²) in [6.07, 6.45) is 5.14. The number of nitrogens with zero attached hydrogens (tertiary/aromatic N) is 2. The van der Waals surface area contributed by atoms with Crippen LogP contribution < -0.4 is 4.74 Å². The molecule has 0 radical (unpaired) electrons. The Bertz CT molecular complexity index is 1010. The van der Waals surface area contributed by atoms with E-state index in [1.54, 1.807) is 24.8 Å². The molecule has 198 valence electrons. The molecule has 1 aromatic rings. The summed E-state index contributed by atoms with van der Waals surface area (Å²) in [5.41, 5.74) is -0.421. The van der Waals surface area contributed by atoms with E-state index in [4.69, 9.17) is 4.74 Å². The van der Waals surface area contributed by atoms with E-state index in [9.17, 15) is 23.1 Å². The number of hydrogen-bond donors (Lipinski definition) is 1. The van der Waals surface area contributed by atoms with Crippen molar-refractivity contribution < 1.29 is 27.8 Å². The zero-order valence-electron chi connectivity index (χ0n) is 21.2. The number of ether oxygens (including phenoxy) is 1. The summed E-state index contributed by atoms with van der Waals surface area (Å²) >= 11 is 0. The molecule has 1 N–H and O–H groups in total. The van der Waals surface area contributed by atoms with Crippen LogP contribution in [0.2, 0.25) is 0 Å². The Kier molecular flexibility index (Phi) is 8.45. The monoisotopic (exact) mass is 506 g/mol. The molecule has 2 saturated heterocycles. The molecule has 8 heteroatoms. The van der Waals surface area contributed by atoms with Crippen molar-refractivity contribution in [1.29, 1.82) is 0 Å². The number of aliphatic hydroxyl groups is 1. The summed E-state index contributed by atoms with van der Waals surface area (Å²) in [6.45, 7) is 6.16. The van der Waals surface area contributed by atoms with Gasteiger partial charge in [0.25, 0.3) is 0 Å². The molecule has 1 aromatic carbocycles. The highest BCUT2D eigenvalue weighted by molar-refractivity contribution is 5.96. The van der Waals surface area contributed by atoms with Gasteiger partial charge in [0.1, 0.15) is 23.1 Å². The maximum atomic E-state index is 15.0. The molecule has 0 spiro atoms. The summed E-state index contributed by atoms with van der Waals surface area (Å²) in [7, 11) is 0. The van der Waals surface area contributed by atoms with E-state index in [1.165, 1.54) is 18.2 Å². The number of benzene rings is 1. The molecular formula is C28H37F3N2O3. The largest absolute Gasteiger partial charge is 0.493 e. The van der Waals surface area contributed by atoms with Crippen LogP contribution in [0.4, 0.5) is 13.2 Å². The van der Waals surface area contributed by atoms with Crippen molar-refractivity contribution in [3.05, 3.63) is 47.1 Å². The second-order valence-corrected chi connectivity index (χ2v) is 10.9. The van der Waals surface area contributed by atoms with Gasteiger partial charge in [0.15, 0.2) is 0 Å². The summed E-state index contributed by atoms with van der Waals surface area (Å²) in [5, 5.41) is 9.48. The third kappa shape index (κ3) is 6.51. The summed E-state index contributed by atoms with van der Waals surface area (Å²) in [6, 6.07) is 4.26. The van der Waals surface area contributed by atoms with Gasteiger partial charge in [0.2, 0.25) is 5.91 Å². The summed E-state index contributed by atoms with van der Waals surface area (Å²) < 4.78 is 49.6. The molecule has 0 bridgehead atoms. The van der Waals surface area contributed by atoms with E-state index in [0.717, 1.165) is 38.8 Å². The molecule has 1 amide bonds. The fourth-order valence-corrected chi connectivity index (χ4v) is 5.49. The highest BCUT2D eigenvalue weighted by Crippen LogP contribution is 2.36. The zero-order chi connectivity index (χ0) is 25.9. The zero-order valence-corrected chi connectivity index (χ0v) is 21.2. The Morgan fingerprint density at radius 1 is 1.14 bits per heavy atom. The number of carbonyl (C=O) groups excluding carboxylic acids is 1. The Morgan fingerprint density at radius 3 is 2.53 bits per heavy atom. The highest BCUT2D eigenvalue weighted by Gasteiger charge is 2.32. The molecule has 36 heavy (non-hydrogen) atoms. The van der Waals surface area contributed by atoms with Crippen LogP contribution in [0.15, 0.2) is 35.7 Å². The average Bonchev–Trinajstić information content (AvgIpc) is 3.31. The number of halogens is 3. The molecule has 1 aliphatic carbocycles. The first-order valence-corrected chi connectivity index (χ1v) is 13.0. The molecule has 1 unspecified atom stereocenters. The first kappa shape index (κ1) is 26.7. The minimum Gasteiger partial charge on any atom is -0.493 e. The Hall–Kier alpha value is -2.32. The van der Waals surface area contributed by atoms with Crippen LogP contribution in [0, 0.1) is 11.7 Å². The van der Waals surface area contributed by atoms with Gasteiger partial charge in [0, 0.05) is 30.3 Å². The second kappa shape index (κ2) is 11.4. The molecule has 0 aromatic heterocycles. The van der Waals surface area contributed by atoms with E-state index < -0.39 is 17.3 Å². The summed E-state index contributed by atoms with van der Waals surface area (Å²) in [5.74, 6) is -0.673. The van der Waals surface area contributed by atoms with Gasteiger partial charge in [0.05, 0.1) is 19.3 Å². The lowest BCUT2D eigenvalue weighted by molar-refractivity contribution is -0.128. The number of hydrogen-bond acceptors (Lipinski definition) is 4. The van der Waals surface area contributed by atoms with Crippen molar-refractivity contribution in [2.75, 3.05) is 39.4 Å². The van der Waals surface area contributed by atoms with Crippen molar-refractivity contribution in [2.24, 2.45) is 5.92 Å². The normalized spacial score (nSPS) is 22.2. The predicted molar refractivity (Wildman–Crippen MR) is 133 cm³/mol. The molecule has 1 atom stereocenters. The molecule has 2 heterocycles. The van der Waals surface area contributed by atoms with Crippen LogP contribution in [0.1, 0.15) is 57.9 Å². The van der Waals surface area contributed by atoms with Crippen LogP contribution in [0.25, 0.3) is 5.57 Å². The maximum Gasteiger partial charge on any atom is 0.250 e. The number of alkyl halides is 1. The van der Waals surface area contributed by atoms with Gasteiger partial charge in [-0.05, 0) is 95.2 Å². The molecule has 4 rings (SSSR count). The Balaban J connectivity index is 1.35. The van der Waals surface area contributed by atoms with E-state index in [0.29, 0.717) is 43.4 Å². The minimum absolute atomic E-state index is 0.0983. The third-order valence-corrected chi connectivity index (χ3v) is 7.42. The number of carbonyl (C=O) groups is 1. The van der Waals surface area contributed by atoms with Crippen LogP contribution in [0.5, 0.6) is 5.75 Å². The lowest BCUT2D eigenvalue weighted by atomic mass is 9.91. The summed E-state index contributed by atoms with van der Waals surface area (Å²) in [4.78, 5) is 16.5. The van der Waals surface area contributed by atoms with Crippen molar-refractivity contribution >= 4 is 11.5 Å². The molecule has 5 nitrogen and oxygen atoms in total. The second-order valence-electron chi connectivity index (χ2n) is 10.9. The van der Waals surface area contributed by atoms with Crippen LogP contribution >= 0.6 is 0 Å². The number of likely N-dealkylation sites (tertiary alicyclic amines) is 2. The number of piperidine rings is 1. The van der Waals surface area contributed by atoms with Crippen LogP contribution in [-0.2, 0) is 4.79 Å². The predicted octanol–water partition coefficient (Wildman–Crippen LogP) is 5.05. The van der Waals surface area contributed by atoms with Crippen LogP contribution in [0.3, 0.4) is 0 Å². The van der Waals surface area contributed by atoms with Gasteiger partial charge < -0.3 is 19.6 Å². The van der Waals surface area contributed by atoms with Gasteiger partial charge >= 0.3 is 0 Å². The SMILES string of the molecule is CC(C)(F)CN1CCC(COc2ccc(C3=C(F)C=C(C(=O)N4CCCC4CO)CC3)c(F)c2)CC1. The lowest BCUT2D eigenvalue weighted by Gasteiger charge is -2.34. The van der Waals surface area contributed by atoms with Crippen molar-refractivity contribution in [3.8, 4) is 5.75 Å². The van der Waals surface area contributed by atoms with E-state index in [1.807, 2.05) is 0 Å². The maximum absolute atomic E-state index is 15.0. The molecule has 0 saturated carbocycles. The number of amides is 1. The van der Waals surface area contributed by atoms with Crippen molar-refractivity contribution in [3.63, 3.8) is 0 Å². The smallest absolute Gasteiger partial charge is 0.250 e. The van der Waals surface area contributed by atoms with E-state index in [2.05, 4.69) is 4.90 Å². The Labute approximate surface area is 211 Å². The lowest BCUT2D eigenvalue weighted by Crippen LogP contribution is -2.41. The van der Waals surface area contributed by atoms with Gasteiger partial charge in [-0.15, -0.1) is 0 Å². The van der Waals surface area contributed by atoms with Crippen molar-refractivity contribution in [1.82, 2.24) is 9.80 Å². The molecule has 2 aliphatic heterocycles. The van der Waals surface area contributed by atoms with Gasteiger partial charge in [-0.3, -0.25) is 4.79 Å². The molecule has 3 aliphatic rings. The average molecular weight is 507 g/mol. The number of aliphatic hydroxyl groups excluding tert-OH is 1. The van der Waals surface area contributed by atoms with Gasteiger partial charge in [-0.2, -0.15) is 0 Å². The number of rotatable bonds is 8. The quantitative estimate of drug-likeness (QED) is 0.536.